The van der Waals surface area contributed by atoms with Crippen LogP contribution in [0, 0.1) is 0 Å². The molecule has 4 nitrogen and oxygen atoms in total. The number of nitrogens with one attached hydrogen (secondary N) is 1. The van der Waals surface area contributed by atoms with Gasteiger partial charge in [-0.1, -0.05) is 51.4 Å². The van der Waals surface area contributed by atoms with E-state index in [4.69, 9.17) is 11.6 Å². The van der Waals surface area contributed by atoms with E-state index in [2.05, 4.69) is 26.2 Å². The van der Waals surface area contributed by atoms with E-state index >= 15 is 0 Å². The van der Waals surface area contributed by atoms with Crippen LogP contribution in [0.15, 0.2) is 64.4 Å². The summed E-state index contributed by atoms with van der Waals surface area (Å²) in [7, 11) is 1.94. The van der Waals surface area contributed by atoms with Gasteiger partial charge in [-0.3, -0.25) is 4.79 Å². The molecule has 0 saturated carbocycles. The molecule has 0 bridgehead atoms. The number of hydrogen-bond donors (Lipinski definition) is 1. The number of aromatic nitrogens is 2. The van der Waals surface area contributed by atoms with Crippen LogP contribution in [0.4, 0.5) is 5.69 Å². The number of hydrogen-bond acceptors (Lipinski definition) is 3. The van der Waals surface area contributed by atoms with Gasteiger partial charge in [-0.2, -0.15) is 0 Å². The lowest BCUT2D eigenvalue weighted by atomic mass is 10.2. The van der Waals surface area contributed by atoms with Crippen LogP contribution in [0.5, 0.6) is 0 Å². The summed E-state index contributed by atoms with van der Waals surface area (Å²) in [5.74, 6) is 0.226. The van der Waals surface area contributed by atoms with E-state index in [-0.39, 0.29) is 5.91 Å². The van der Waals surface area contributed by atoms with Gasteiger partial charge in [0.15, 0.2) is 5.16 Å². The summed E-state index contributed by atoms with van der Waals surface area (Å²) in [6.45, 7) is 0. The predicted octanol–water partition coefficient (Wildman–Crippen LogP) is 5.23. The van der Waals surface area contributed by atoms with Gasteiger partial charge >= 0.3 is 0 Å². The summed E-state index contributed by atoms with van der Waals surface area (Å²) < 4.78 is 2.95. The van der Waals surface area contributed by atoms with E-state index in [1.165, 1.54) is 11.8 Å². The van der Waals surface area contributed by atoms with Crippen LogP contribution in [0.1, 0.15) is 0 Å². The molecule has 1 aromatic heterocycles. The Morgan fingerprint density at radius 3 is 2.56 bits per heavy atom. The first-order chi connectivity index (χ1) is 12.0. The van der Waals surface area contributed by atoms with Crippen LogP contribution in [0.25, 0.3) is 11.3 Å². The highest BCUT2D eigenvalue weighted by molar-refractivity contribution is 9.10. The molecule has 0 aliphatic carbocycles. The number of carbonyl (C=O) groups is 1. The van der Waals surface area contributed by atoms with Crippen molar-refractivity contribution in [3.63, 3.8) is 0 Å². The molecule has 0 radical (unpaired) electrons. The van der Waals surface area contributed by atoms with Crippen molar-refractivity contribution in [1.82, 2.24) is 9.55 Å². The second kappa shape index (κ2) is 8.08. The van der Waals surface area contributed by atoms with Crippen molar-refractivity contribution < 1.29 is 4.79 Å². The van der Waals surface area contributed by atoms with Crippen molar-refractivity contribution >= 4 is 50.9 Å². The quantitative estimate of drug-likeness (QED) is 0.557. The number of carbonyl (C=O) groups excluding carboxylic acids is 1. The number of anilines is 1. The van der Waals surface area contributed by atoms with Crippen LogP contribution in [-0.2, 0) is 11.8 Å². The first kappa shape index (κ1) is 18.0. The highest BCUT2D eigenvalue weighted by Crippen LogP contribution is 2.26. The molecule has 1 heterocycles. The summed E-state index contributed by atoms with van der Waals surface area (Å²) >= 11 is 10.7. The Morgan fingerprint density at radius 1 is 1.20 bits per heavy atom. The first-order valence-corrected chi connectivity index (χ1v) is 9.64. The van der Waals surface area contributed by atoms with Crippen LogP contribution >= 0.6 is 39.3 Å². The average molecular weight is 437 g/mol. The molecule has 7 heteroatoms. The summed E-state index contributed by atoms with van der Waals surface area (Å²) in [6, 6.07) is 15.1. The second-order valence-electron chi connectivity index (χ2n) is 5.34. The maximum absolute atomic E-state index is 12.1. The van der Waals surface area contributed by atoms with Crippen molar-refractivity contribution in [2.75, 3.05) is 11.1 Å². The molecule has 0 aliphatic rings. The minimum Gasteiger partial charge on any atom is -0.325 e. The maximum Gasteiger partial charge on any atom is 0.234 e. The number of imidazole rings is 1. The van der Waals surface area contributed by atoms with Gasteiger partial charge in [-0.15, -0.1) is 0 Å². The molecular formula is C18H15BrClN3OS. The van der Waals surface area contributed by atoms with Crippen molar-refractivity contribution in [2.24, 2.45) is 7.05 Å². The Labute approximate surface area is 163 Å². The molecule has 0 saturated heterocycles. The van der Waals surface area contributed by atoms with Gasteiger partial charge in [0.1, 0.15) is 0 Å². The summed E-state index contributed by atoms with van der Waals surface area (Å²) in [5, 5.41) is 4.36. The third-order valence-electron chi connectivity index (χ3n) is 3.55. The third kappa shape index (κ3) is 4.66. The lowest BCUT2D eigenvalue weighted by molar-refractivity contribution is -0.113. The van der Waals surface area contributed by atoms with Crippen LogP contribution in [0.3, 0.4) is 0 Å². The van der Waals surface area contributed by atoms with Crippen molar-refractivity contribution in [2.45, 2.75) is 5.16 Å². The minimum atomic E-state index is -0.0663. The summed E-state index contributed by atoms with van der Waals surface area (Å²) in [4.78, 5) is 16.5. The van der Waals surface area contributed by atoms with E-state index in [0.29, 0.717) is 10.8 Å². The van der Waals surface area contributed by atoms with Gasteiger partial charge in [-0.05, 0) is 42.0 Å². The number of nitrogens with zero attached hydrogens (tertiary/aromatic N) is 2. The first-order valence-electron chi connectivity index (χ1n) is 7.49. The topological polar surface area (TPSA) is 46.9 Å². The average Bonchev–Trinajstić information content (AvgIpc) is 2.97. The molecule has 3 rings (SSSR count). The minimum absolute atomic E-state index is 0.0663. The van der Waals surface area contributed by atoms with Crippen LogP contribution in [-0.4, -0.2) is 21.2 Å². The lowest BCUT2D eigenvalue weighted by Crippen LogP contribution is -2.14. The number of rotatable bonds is 5. The molecule has 3 aromatic rings. The smallest absolute Gasteiger partial charge is 0.234 e. The lowest BCUT2D eigenvalue weighted by Gasteiger charge is -2.07. The van der Waals surface area contributed by atoms with Crippen molar-refractivity contribution in [1.29, 1.82) is 0 Å². The fourth-order valence-corrected chi connectivity index (χ4v) is 3.42. The molecule has 0 unspecified atom stereocenters. The fourth-order valence-electron chi connectivity index (χ4n) is 2.28. The number of amides is 1. The van der Waals surface area contributed by atoms with Gasteiger partial charge in [0.05, 0.1) is 17.6 Å². The molecular weight excluding hydrogens is 422 g/mol. The van der Waals surface area contributed by atoms with Gasteiger partial charge < -0.3 is 9.88 Å². The molecule has 25 heavy (non-hydrogen) atoms. The Morgan fingerprint density at radius 2 is 1.88 bits per heavy atom. The zero-order chi connectivity index (χ0) is 17.8. The van der Waals surface area contributed by atoms with Gasteiger partial charge in [0, 0.05) is 22.2 Å². The summed E-state index contributed by atoms with van der Waals surface area (Å²) in [6.07, 6.45) is 1.80. The SMILES string of the molecule is Cn1c(-c2ccc(Cl)cc2)cnc1SCC(=O)Nc1ccc(Br)cc1. The molecule has 2 aromatic carbocycles. The van der Waals surface area contributed by atoms with Gasteiger partial charge in [-0.25, -0.2) is 4.98 Å². The van der Waals surface area contributed by atoms with E-state index in [1.807, 2.05) is 60.1 Å². The van der Waals surface area contributed by atoms with E-state index in [0.717, 1.165) is 26.6 Å². The number of halogens is 2. The molecule has 0 fully saturated rings. The number of benzene rings is 2. The molecule has 1 N–H and O–H groups in total. The molecule has 0 aliphatic heterocycles. The zero-order valence-corrected chi connectivity index (χ0v) is 16.5. The maximum atomic E-state index is 12.1. The Hall–Kier alpha value is -1.76. The van der Waals surface area contributed by atoms with Crippen LogP contribution < -0.4 is 5.32 Å². The second-order valence-corrected chi connectivity index (χ2v) is 7.63. The highest BCUT2D eigenvalue weighted by Gasteiger charge is 2.11. The largest absolute Gasteiger partial charge is 0.325 e. The normalized spacial score (nSPS) is 10.7. The van der Waals surface area contributed by atoms with Crippen LogP contribution in [0.2, 0.25) is 5.02 Å². The predicted molar refractivity (Wildman–Crippen MR) is 107 cm³/mol. The van der Waals surface area contributed by atoms with E-state index < -0.39 is 0 Å². The zero-order valence-electron chi connectivity index (χ0n) is 13.4. The molecule has 0 atom stereocenters. The van der Waals surface area contributed by atoms with Gasteiger partial charge in [0.25, 0.3) is 0 Å². The van der Waals surface area contributed by atoms with Crippen molar-refractivity contribution in [3.8, 4) is 11.3 Å². The van der Waals surface area contributed by atoms with Gasteiger partial charge in [0.2, 0.25) is 5.91 Å². The van der Waals surface area contributed by atoms with E-state index in [9.17, 15) is 4.79 Å². The Balaban J connectivity index is 1.62. The van der Waals surface area contributed by atoms with E-state index in [1.54, 1.807) is 6.20 Å². The molecule has 1 amide bonds. The Bertz CT molecular complexity index is 878. The standard InChI is InChI=1S/C18H15BrClN3OS/c1-23-16(12-2-6-14(20)7-3-12)10-21-18(23)25-11-17(24)22-15-8-4-13(19)5-9-15/h2-10H,11H2,1H3,(H,22,24). The highest BCUT2D eigenvalue weighted by atomic mass is 79.9. The number of thioether (sulfide) groups is 1. The summed E-state index contributed by atoms with van der Waals surface area (Å²) in [5.41, 5.74) is 2.79. The van der Waals surface area contributed by atoms with Crippen molar-refractivity contribution in [3.05, 3.63) is 64.2 Å². The molecule has 128 valence electrons. The molecule has 0 spiro atoms. The monoisotopic (exact) mass is 435 g/mol. The Kier molecular flexibility index (Phi) is 5.83. The third-order valence-corrected chi connectivity index (χ3v) is 5.37. The fraction of sp³-hybridized carbons (Fsp3) is 0.111.